The zero-order chi connectivity index (χ0) is 8.48. The minimum atomic E-state index is 0.103. The number of hydrogen-bond acceptors (Lipinski definition) is 1. The van der Waals surface area contributed by atoms with Gasteiger partial charge in [-0.25, -0.2) is 0 Å². The quantitative estimate of drug-likeness (QED) is 0.528. The Hall–Kier alpha value is -0.300. The van der Waals surface area contributed by atoms with Crippen LogP contribution in [0.25, 0.3) is 0 Å². The smallest absolute Gasteiger partial charge is 0.0627 e. The molecule has 0 radical (unpaired) electrons. The van der Waals surface area contributed by atoms with Crippen molar-refractivity contribution in [3.05, 3.63) is 12.2 Å². The van der Waals surface area contributed by atoms with Crippen molar-refractivity contribution in [2.45, 2.75) is 39.2 Å². The molecule has 1 heterocycles. The van der Waals surface area contributed by atoms with Crippen molar-refractivity contribution in [2.75, 3.05) is 6.61 Å². The average Bonchev–Trinajstić information content (AvgIpc) is 1.86. The van der Waals surface area contributed by atoms with Gasteiger partial charge in [-0.05, 0) is 33.6 Å². The first kappa shape index (κ1) is 8.79. The topological polar surface area (TPSA) is 9.23 Å². The summed E-state index contributed by atoms with van der Waals surface area (Å²) in [7, 11) is 0. The Morgan fingerprint density at radius 2 is 2.18 bits per heavy atom. The third-order valence-electron chi connectivity index (χ3n) is 2.47. The Labute approximate surface area is 69.4 Å². The maximum Gasteiger partial charge on any atom is 0.0627 e. The van der Waals surface area contributed by atoms with Gasteiger partial charge in [-0.1, -0.05) is 12.2 Å². The Balaban J connectivity index is 2.42. The highest BCUT2D eigenvalue weighted by atomic mass is 16.5. The molecular formula is C10H18O. The first-order valence-corrected chi connectivity index (χ1v) is 4.31. The van der Waals surface area contributed by atoms with E-state index in [0.717, 1.165) is 13.0 Å². The van der Waals surface area contributed by atoms with Crippen LogP contribution in [-0.2, 0) is 4.74 Å². The summed E-state index contributed by atoms with van der Waals surface area (Å²) in [4.78, 5) is 0. The van der Waals surface area contributed by atoms with Gasteiger partial charge in [0.1, 0.15) is 0 Å². The van der Waals surface area contributed by atoms with Gasteiger partial charge in [-0.2, -0.15) is 0 Å². The predicted molar refractivity (Wildman–Crippen MR) is 47.6 cm³/mol. The number of rotatable bonds is 1. The van der Waals surface area contributed by atoms with Gasteiger partial charge in [0.15, 0.2) is 0 Å². The summed E-state index contributed by atoms with van der Waals surface area (Å²) < 4.78 is 5.68. The fourth-order valence-corrected chi connectivity index (χ4v) is 1.39. The zero-order valence-electron chi connectivity index (χ0n) is 7.81. The average molecular weight is 154 g/mol. The molecule has 1 fully saturated rings. The van der Waals surface area contributed by atoms with E-state index < -0.39 is 0 Å². The molecule has 1 atom stereocenters. The van der Waals surface area contributed by atoms with E-state index in [1.165, 1.54) is 12.0 Å². The van der Waals surface area contributed by atoms with E-state index in [0.29, 0.717) is 5.92 Å². The van der Waals surface area contributed by atoms with Crippen molar-refractivity contribution in [3.8, 4) is 0 Å². The van der Waals surface area contributed by atoms with Crippen LogP contribution in [0.5, 0.6) is 0 Å². The molecule has 0 saturated carbocycles. The highest BCUT2D eigenvalue weighted by Gasteiger charge is 2.27. The molecule has 1 aliphatic heterocycles. The zero-order valence-corrected chi connectivity index (χ0v) is 7.81. The van der Waals surface area contributed by atoms with E-state index in [9.17, 15) is 0 Å². The van der Waals surface area contributed by atoms with Crippen LogP contribution in [0.15, 0.2) is 12.2 Å². The molecule has 0 N–H and O–H groups in total. The molecule has 0 aromatic carbocycles. The highest BCUT2D eigenvalue weighted by molar-refractivity contribution is 4.98. The normalized spacial score (nSPS) is 29.9. The van der Waals surface area contributed by atoms with Crippen molar-refractivity contribution >= 4 is 0 Å². The van der Waals surface area contributed by atoms with Gasteiger partial charge >= 0.3 is 0 Å². The summed E-state index contributed by atoms with van der Waals surface area (Å²) in [6, 6.07) is 0. The standard InChI is InChI=1S/C10H18O/c1-8(2)9-5-6-10(3,4)11-7-9/h9H,1,5-7H2,2-4H3/t9-/m0/s1. The Morgan fingerprint density at radius 3 is 2.55 bits per heavy atom. The van der Waals surface area contributed by atoms with Crippen LogP contribution in [0.4, 0.5) is 0 Å². The molecule has 0 spiro atoms. The van der Waals surface area contributed by atoms with E-state index in [4.69, 9.17) is 4.74 Å². The van der Waals surface area contributed by atoms with Gasteiger partial charge in [-0.3, -0.25) is 0 Å². The van der Waals surface area contributed by atoms with Crippen LogP contribution in [-0.4, -0.2) is 12.2 Å². The third kappa shape index (κ3) is 2.33. The molecule has 0 aliphatic carbocycles. The molecule has 64 valence electrons. The largest absolute Gasteiger partial charge is 0.375 e. The van der Waals surface area contributed by atoms with Crippen LogP contribution in [0.2, 0.25) is 0 Å². The van der Waals surface area contributed by atoms with E-state index >= 15 is 0 Å². The van der Waals surface area contributed by atoms with Crippen LogP contribution < -0.4 is 0 Å². The van der Waals surface area contributed by atoms with Crippen molar-refractivity contribution in [1.29, 1.82) is 0 Å². The van der Waals surface area contributed by atoms with E-state index in [-0.39, 0.29) is 5.60 Å². The lowest BCUT2D eigenvalue weighted by atomic mass is 9.88. The lowest BCUT2D eigenvalue weighted by molar-refractivity contribution is -0.0691. The minimum Gasteiger partial charge on any atom is -0.375 e. The molecule has 0 unspecified atom stereocenters. The molecule has 0 aromatic rings. The molecule has 1 heteroatoms. The van der Waals surface area contributed by atoms with Crippen LogP contribution in [0.1, 0.15) is 33.6 Å². The van der Waals surface area contributed by atoms with Crippen LogP contribution >= 0.6 is 0 Å². The second-order valence-electron chi connectivity index (χ2n) is 4.15. The van der Waals surface area contributed by atoms with E-state index in [2.05, 4.69) is 27.4 Å². The molecule has 1 rings (SSSR count). The summed E-state index contributed by atoms with van der Waals surface area (Å²) in [6.45, 7) is 11.2. The Kier molecular flexibility index (Phi) is 2.38. The van der Waals surface area contributed by atoms with Gasteiger partial charge in [0.05, 0.1) is 12.2 Å². The highest BCUT2D eigenvalue weighted by Crippen LogP contribution is 2.30. The Morgan fingerprint density at radius 1 is 1.55 bits per heavy atom. The maximum absolute atomic E-state index is 5.68. The second kappa shape index (κ2) is 2.98. The molecule has 11 heavy (non-hydrogen) atoms. The molecule has 0 aromatic heterocycles. The summed E-state index contributed by atoms with van der Waals surface area (Å²) in [5, 5.41) is 0. The van der Waals surface area contributed by atoms with Crippen molar-refractivity contribution < 1.29 is 4.74 Å². The summed E-state index contributed by atoms with van der Waals surface area (Å²) in [5.41, 5.74) is 1.37. The van der Waals surface area contributed by atoms with Crippen LogP contribution in [0, 0.1) is 5.92 Å². The van der Waals surface area contributed by atoms with Crippen molar-refractivity contribution in [2.24, 2.45) is 5.92 Å². The predicted octanol–water partition coefficient (Wildman–Crippen LogP) is 2.77. The fourth-order valence-electron chi connectivity index (χ4n) is 1.39. The number of hydrogen-bond donors (Lipinski definition) is 0. The van der Waals surface area contributed by atoms with Gasteiger partial charge in [0, 0.05) is 5.92 Å². The van der Waals surface area contributed by atoms with E-state index in [1.807, 2.05) is 0 Å². The lowest BCUT2D eigenvalue weighted by Gasteiger charge is -2.34. The van der Waals surface area contributed by atoms with E-state index in [1.54, 1.807) is 0 Å². The number of ether oxygens (including phenoxy) is 1. The van der Waals surface area contributed by atoms with Gasteiger partial charge in [0.25, 0.3) is 0 Å². The summed E-state index contributed by atoms with van der Waals surface area (Å²) in [5.74, 6) is 0.600. The molecular weight excluding hydrogens is 136 g/mol. The maximum atomic E-state index is 5.68. The second-order valence-corrected chi connectivity index (χ2v) is 4.15. The Bertz CT molecular complexity index is 148. The molecule has 1 aliphatic rings. The SMILES string of the molecule is C=C(C)[C@H]1CCC(C)(C)OC1. The van der Waals surface area contributed by atoms with Crippen molar-refractivity contribution in [1.82, 2.24) is 0 Å². The fraction of sp³-hybridized carbons (Fsp3) is 0.800. The third-order valence-corrected chi connectivity index (χ3v) is 2.47. The van der Waals surface area contributed by atoms with Crippen LogP contribution in [0.3, 0.4) is 0 Å². The minimum absolute atomic E-state index is 0.103. The van der Waals surface area contributed by atoms with Gasteiger partial charge in [0.2, 0.25) is 0 Å². The first-order chi connectivity index (χ1) is 5.01. The summed E-state index contributed by atoms with van der Waals surface area (Å²) >= 11 is 0. The molecule has 1 saturated heterocycles. The lowest BCUT2D eigenvalue weighted by Crippen LogP contribution is -2.33. The van der Waals surface area contributed by atoms with Gasteiger partial charge in [-0.15, -0.1) is 0 Å². The molecule has 1 nitrogen and oxygen atoms in total. The van der Waals surface area contributed by atoms with Gasteiger partial charge < -0.3 is 4.74 Å². The molecule has 0 bridgehead atoms. The van der Waals surface area contributed by atoms with Crippen molar-refractivity contribution in [3.63, 3.8) is 0 Å². The first-order valence-electron chi connectivity index (χ1n) is 4.31. The monoisotopic (exact) mass is 154 g/mol. The molecule has 0 amide bonds. The summed E-state index contributed by atoms with van der Waals surface area (Å²) in [6.07, 6.45) is 2.40.